The number of unbranched alkanes of at least 4 members (excludes halogenated alkanes) is 5. The third kappa shape index (κ3) is 23.9. The van der Waals surface area contributed by atoms with Crippen LogP contribution in [0.25, 0.3) is 0 Å². The molecule has 0 unspecified atom stereocenters. The van der Waals surface area contributed by atoms with Crippen molar-refractivity contribution in [1.82, 2.24) is 0 Å². The topological polar surface area (TPSA) is 82.1 Å². The molecule has 0 atom stereocenters. The van der Waals surface area contributed by atoms with Gasteiger partial charge in [0.25, 0.3) is 0 Å². The summed E-state index contributed by atoms with van der Waals surface area (Å²) in [5, 5.41) is 8.29. The van der Waals surface area contributed by atoms with Gasteiger partial charge >= 0.3 is 11.9 Å². The monoisotopic (exact) mass is 320 g/mol. The van der Waals surface area contributed by atoms with E-state index in [1.165, 1.54) is 7.11 Å². The third-order valence-electron chi connectivity index (χ3n) is 2.76. The van der Waals surface area contributed by atoms with Gasteiger partial charge in [-0.25, -0.2) is 4.79 Å². The van der Waals surface area contributed by atoms with E-state index < -0.39 is 5.97 Å². The molecule has 6 nitrogen and oxygen atoms in total. The largest absolute Gasteiger partial charge is 0.481 e. The third-order valence-corrected chi connectivity index (χ3v) is 2.76. The highest BCUT2D eigenvalue weighted by Crippen LogP contribution is 2.02. The van der Waals surface area contributed by atoms with Crippen molar-refractivity contribution in [1.29, 1.82) is 0 Å². The van der Waals surface area contributed by atoms with E-state index in [0.717, 1.165) is 51.6 Å². The lowest BCUT2D eigenvalue weighted by molar-refractivity contribution is -0.148. The summed E-state index contributed by atoms with van der Waals surface area (Å²) in [5.41, 5.74) is 0. The first-order valence-electron chi connectivity index (χ1n) is 7.93. The summed E-state index contributed by atoms with van der Waals surface area (Å²) >= 11 is 0. The molecule has 0 aliphatic heterocycles. The SMILES string of the molecule is CCCCCOC(=O)COC.COCCCCCCC(=O)O. The summed E-state index contributed by atoms with van der Waals surface area (Å²) in [5.74, 6) is -0.972. The number of carboxylic acid groups (broad SMARTS) is 1. The molecule has 0 saturated heterocycles. The summed E-state index contributed by atoms with van der Waals surface area (Å²) in [6, 6.07) is 0. The molecule has 0 bridgehead atoms. The van der Waals surface area contributed by atoms with Gasteiger partial charge in [0.1, 0.15) is 6.61 Å². The lowest BCUT2D eigenvalue weighted by Crippen LogP contribution is -2.11. The van der Waals surface area contributed by atoms with Crippen molar-refractivity contribution >= 4 is 11.9 Å². The average molecular weight is 320 g/mol. The number of esters is 1. The van der Waals surface area contributed by atoms with Crippen LogP contribution in [0.4, 0.5) is 0 Å². The van der Waals surface area contributed by atoms with E-state index in [-0.39, 0.29) is 12.6 Å². The number of aliphatic carboxylic acids is 1. The van der Waals surface area contributed by atoms with Crippen molar-refractivity contribution in [2.24, 2.45) is 0 Å². The second-order valence-corrected chi connectivity index (χ2v) is 4.91. The summed E-state index contributed by atoms with van der Waals surface area (Å²) in [6.07, 6.45) is 7.40. The van der Waals surface area contributed by atoms with Crippen LogP contribution < -0.4 is 0 Å². The first-order chi connectivity index (χ1) is 10.6. The molecule has 0 radical (unpaired) electrons. The zero-order valence-corrected chi connectivity index (χ0v) is 14.3. The quantitative estimate of drug-likeness (QED) is 0.415. The molecule has 0 aromatic heterocycles. The Balaban J connectivity index is 0. The van der Waals surface area contributed by atoms with Gasteiger partial charge in [-0.3, -0.25) is 4.79 Å². The molecule has 0 aliphatic carbocycles. The Morgan fingerprint density at radius 3 is 2.05 bits per heavy atom. The minimum atomic E-state index is -0.697. The van der Waals surface area contributed by atoms with Gasteiger partial charge in [0.2, 0.25) is 0 Å². The van der Waals surface area contributed by atoms with Crippen LogP contribution in [0, 0.1) is 0 Å². The Morgan fingerprint density at radius 2 is 1.50 bits per heavy atom. The van der Waals surface area contributed by atoms with Gasteiger partial charge < -0.3 is 19.3 Å². The van der Waals surface area contributed by atoms with E-state index >= 15 is 0 Å². The van der Waals surface area contributed by atoms with Gasteiger partial charge in [-0.15, -0.1) is 0 Å². The number of ether oxygens (including phenoxy) is 3. The highest BCUT2D eigenvalue weighted by Gasteiger charge is 1.99. The molecule has 132 valence electrons. The molecule has 0 aromatic rings. The number of carbonyl (C=O) groups is 2. The van der Waals surface area contributed by atoms with E-state index in [2.05, 4.69) is 11.7 Å². The van der Waals surface area contributed by atoms with Crippen molar-refractivity contribution in [3.05, 3.63) is 0 Å². The van der Waals surface area contributed by atoms with Crippen LogP contribution in [0.3, 0.4) is 0 Å². The van der Waals surface area contributed by atoms with Gasteiger partial charge in [0, 0.05) is 27.2 Å². The van der Waals surface area contributed by atoms with Gasteiger partial charge in [0.05, 0.1) is 6.61 Å². The second kappa shape index (κ2) is 19.9. The Morgan fingerprint density at radius 1 is 0.864 bits per heavy atom. The second-order valence-electron chi connectivity index (χ2n) is 4.91. The van der Waals surface area contributed by atoms with Crippen LogP contribution in [0.1, 0.15) is 58.3 Å². The van der Waals surface area contributed by atoms with Crippen LogP contribution in [-0.2, 0) is 23.8 Å². The fraction of sp³-hybridized carbons (Fsp3) is 0.875. The summed E-state index contributed by atoms with van der Waals surface area (Å²) < 4.78 is 14.3. The van der Waals surface area contributed by atoms with E-state index in [1.807, 2.05) is 0 Å². The Labute approximate surface area is 134 Å². The van der Waals surface area contributed by atoms with Crippen molar-refractivity contribution in [3.8, 4) is 0 Å². The average Bonchev–Trinajstić information content (AvgIpc) is 2.48. The van der Waals surface area contributed by atoms with Crippen LogP contribution >= 0.6 is 0 Å². The van der Waals surface area contributed by atoms with Gasteiger partial charge in [-0.1, -0.05) is 32.6 Å². The van der Waals surface area contributed by atoms with Crippen molar-refractivity contribution in [2.75, 3.05) is 34.0 Å². The molecule has 0 rings (SSSR count). The normalized spacial score (nSPS) is 9.77. The number of methoxy groups -OCH3 is 2. The van der Waals surface area contributed by atoms with Gasteiger partial charge in [0.15, 0.2) is 0 Å². The van der Waals surface area contributed by atoms with Crippen molar-refractivity contribution in [3.63, 3.8) is 0 Å². The van der Waals surface area contributed by atoms with E-state index in [4.69, 9.17) is 14.6 Å². The Kier molecular flexibility index (Phi) is 20.9. The molecule has 0 aromatic carbocycles. The van der Waals surface area contributed by atoms with Crippen molar-refractivity contribution < 1.29 is 28.9 Å². The Hall–Kier alpha value is -1.14. The maximum atomic E-state index is 10.7. The predicted molar refractivity (Wildman–Crippen MR) is 85.0 cm³/mol. The molecule has 1 N–H and O–H groups in total. The highest BCUT2D eigenvalue weighted by molar-refractivity contribution is 5.70. The van der Waals surface area contributed by atoms with Crippen LogP contribution in [-0.4, -0.2) is 51.1 Å². The molecule has 0 saturated carbocycles. The summed E-state index contributed by atoms with van der Waals surface area (Å²) in [6.45, 7) is 3.48. The van der Waals surface area contributed by atoms with Crippen LogP contribution in [0.2, 0.25) is 0 Å². The molecule has 0 amide bonds. The summed E-state index contributed by atoms with van der Waals surface area (Å²) in [7, 11) is 3.16. The minimum Gasteiger partial charge on any atom is -0.481 e. The highest BCUT2D eigenvalue weighted by atomic mass is 16.6. The van der Waals surface area contributed by atoms with Gasteiger partial charge in [-0.05, 0) is 19.3 Å². The number of carboxylic acids is 1. The van der Waals surface area contributed by atoms with Crippen molar-refractivity contribution in [2.45, 2.75) is 58.3 Å². The molecular formula is C16H32O6. The number of hydrogen-bond acceptors (Lipinski definition) is 5. The van der Waals surface area contributed by atoms with Gasteiger partial charge in [-0.2, -0.15) is 0 Å². The molecule has 0 spiro atoms. The first-order valence-corrected chi connectivity index (χ1v) is 7.93. The van der Waals surface area contributed by atoms with Crippen LogP contribution in [0.5, 0.6) is 0 Å². The minimum absolute atomic E-state index is 0.0616. The fourth-order valence-electron chi connectivity index (χ4n) is 1.57. The Bertz CT molecular complexity index is 255. The van der Waals surface area contributed by atoms with E-state index in [0.29, 0.717) is 13.0 Å². The van der Waals surface area contributed by atoms with E-state index in [1.54, 1.807) is 7.11 Å². The molecular weight excluding hydrogens is 288 g/mol. The first kappa shape index (κ1) is 23.1. The number of rotatable bonds is 13. The molecule has 0 aliphatic rings. The molecule has 0 fully saturated rings. The smallest absolute Gasteiger partial charge is 0.332 e. The maximum Gasteiger partial charge on any atom is 0.332 e. The predicted octanol–water partition coefficient (Wildman–Crippen LogP) is 3.03. The van der Waals surface area contributed by atoms with E-state index in [9.17, 15) is 9.59 Å². The number of carbonyl (C=O) groups excluding carboxylic acids is 1. The molecule has 22 heavy (non-hydrogen) atoms. The lowest BCUT2D eigenvalue weighted by Gasteiger charge is -2.02. The van der Waals surface area contributed by atoms with Crippen LogP contribution in [0.15, 0.2) is 0 Å². The zero-order valence-electron chi connectivity index (χ0n) is 14.3. The number of hydrogen-bond donors (Lipinski definition) is 1. The summed E-state index contributed by atoms with van der Waals surface area (Å²) in [4.78, 5) is 20.7. The molecule has 0 heterocycles. The maximum absolute atomic E-state index is 10.7. The standard InChI is InChI=1S/2C8H16O3/c1-11-7-5-3-2-4-6-8(9)10;1-3-4-5-6-11-8(9)7-10-2/h2-7H2,1H3,(H,9,10);3-7H2,1-2H3. The zero-order chi connectivity index (χ0) is 17.1. The molecule has 6 heteroatoms. The fourth-order valence-corrected chi connectivity index (χ4v) is 1.57. The lowest BCUT2D eigenvalue weighted by atomic mass is 10.1.